The van der Waals surface area contributed by atoms with Crippen molar-refractivity contribution in [1.82, 2.24) is 10.2 Å². The zero-order chi connectivity index (χ0) is 21.3. The number of hydrogen-bond acceptors (Lipinski definition) is 4. The minimum Gasteiger partial charge on any atom is -0.497 e. The normalized spacial score (nSPS) is 17.8. The lowest BCUT2D eigenvalue weighted by Gasteiger charge is -2.32. The van der Waals surface area contributed by atoms with Crippen LogP contribution in [0.3, 0.4) is 0 Å². The number of rotatable bonds is 10. The van der Waals surface area contributed by atoms with Crippen molar-refractivity contribution in [3.63, 3.8) is 0 Å². The van der Waals surface area contributed by atoms with Crippen LogP contribution in [0.15, 0.2) is 18.2 Å². The number of nitrogens with one attached hydrogen (secondary N) is 1. The van der Waals surface area contributed by atoms with E-state index >= 15 is 0 Å². The van der Waals surface area contributed by atoms with Gasteiger partial charge in [-0.15, -0.1) is 0 Å². The Hall–Kier alpha value is -1.96. The molecule has 1 fully saturated rings. The quantitative estimate of drug-likeness (QED) is 0.623. The molecule has 1 aromatic carbocycles. The van der Waals surface area contributed by atoms with Crippen LogP contribution in [0.5, 0.6) is 11.5 Å². The Bertz CT molecular complexity index is 653. The molecule has 0 bridgehead atoms. The van der Waals surface area contributed by atoms with Crippen LogP contribution in [0.1, 0.15) is 44.1 Å². The maximum Gasteiger partial charge on any atom is 0.389 e. The molecule has 1 aliphatic rings. The van der Waals surface area contributed by atoms with Gasteiger partial charge in [-0.3, -0.25) is 4.79 Å². The second-order valence-electron chi connectivity index (χ2n) is 7.52. The minimum absolute atomic E-state index is 0.0305. The van der Waals surface area contributed by atoms with Crippen molar-refractivity contribution < 1.29 is 27.4 Å². The molecule has 1 aromatic rings. The van der Waals surface area contributed by atoms with Crippen molar-refractivity contribution in [2.75, 3.05) is 33.9 Å². The number of amides is 1. The summed E-state index contributed by atoms with van der Waals surface area (Å²) in [5.41, 5.74) is 0.871. The van der Waals surface area contributed by atoms with Crippen LogP contribution in [-0.4, -0.2) is 50.8 Å². The summed E-state index contributed by atoms with van der Waals surface area (Å²) in [6, 6.07) is 5.45. The second kappa shape index (κ2) is 11.3. The van der Waals surface area contributed by atoms with Crippen LogP contribution in [0.2, 0.25) is 0 Å². The lowest BCUT2D eigenvalue weighted by Crippen LogP contribution is -2.37. The summed E-state index contributed by atoms with van der Waals surface area (Å²) < 4.78 is 47.4. The number of nitrogens with zero attached hydrogens (tertiary/aromatic N) is 1. The molecule has 29 heavy (non-hydrogen) atoms. The van der Waals surface area contributed by atoms with Gasteiger partial charge in [0.2, 0.25) is 5.91 Å². The van der Waals surface area contributed by atoms with Crippen LogP contribution in [0, 0.1) is 5.92 Å². The Morgan fingerprint density at radius 2 is 2.07 bits per heavy atom. The van der Waals surface area contributed by atoms with Gasteiger partial charge < -0.3 is 19.7 Å². The molecule has 1 heterocycles. The van der Waals surface area contributed by atoms with Crippen molar-refractivity contribution in [3.8, 4) is 11.5 Å². The topological polar surface area (TPSA) is 50.8 Å². The fraction of sp³-hybridized carbons (Fsp3) is 0.667. The maximum atomic E-state index is 12.3. The van der Waals surface area contributed by atoms with Gasteiger partial charge >= 0.3 is 6.18 Å². The van der Waals surface area contributed by atoms with Gasteiger partial charge in [0.25, 0.3) is 0 Å². The standard InChI is InChI=1S/C21H31F3N2O3/c1-28-18-8-7-17(19(13-18)29-2)14-25-20(27)9-6-16-5-3-11-26(15-16)12-4-10-21(22,23)24/h7-8,13,16H,3-6,9-12,14-15H2,1-2H3,(H,25,27)/t16-/m1/s1. The van der Waals surface area contributed by atoms with Gasteiger partial charge in [0.1, 0.15) is 11.5 Å². The Morgan fingerprint density at radius 1 is 1.28 bits per heavy atom. The number of likely N-dealkylation sites (tertiary alicyclic amines) is 1. The van der Waals surface area contributed by atoms with E-state index in [9.17, 15) is 18.0 Å². The molecule has 1 aliphatic heterocycles. The number of methoxy groups -OCH3 is 2. The molecule has 5 nitrogen and oxygen atoms in total. The summed E-state index contributed by atoms with van der Waals surface area (Å²) in [5.74, 6) is 1.67. The predicted molar refractivity (Wildman–Crippen MR) is 105 cm³/mol. The number of ether oxygens (including phenoxy) is 2. The van der Waals surface area contributed by atoms with Crippen LogP contribution >= 0.6 is 0 Å². The van der Waals surface area contributed by atoms with E-state index < -0.39 is 12.6 Å². The van der Waals surface area contributed by atoms with Crippen molar-refractivity contribution in [2.45, 2.75) is 51.2 Å². The average molecular weight is 416 g/mol. The van der Waals surface area contributed by atoms with Crippen molar-refractivity contribution in [1.29, 1.82) is 0 Å². The van der Waals surface area contributed by atoms with E-state index in [2.05, 4.69) is 10.2 Å². The molecule has 0 spiro atoms. The van der Waals surface area contributed by atoms with Crippen LogP contribution in [0.25, 0.3) is 0 Å². The van der Waals surface area contributed by atoms with E-state index in [1.807, 2.05) is 12.1 Å². The Balaban J connectivity index is 1.70. The summed E-state index contributed by atoms with van der Waals surface area (Å²) in [6.07, 6.45) is -1.51. The van der Waals surface area contributed by atoms with Crippen LogP contribution in [0.4, 0.5) is 13.2 Å². The van der Waals surface area contributed by atoms with Crippen molar-refractivity contribution in [3.05, 3.63) is 23.8 Å². The van der Waals surface area contributed by atoms with E-state index in [0.717, 1.165) is 37.9 Å². The summed E-state index contributed by atoms with van der Waals surface area (Å²) in [6.45, 7) is 2.47. The molecule has 8 heteroatoms. The molecule has 0 aromatic heterocycles. The summed E-state index contributed by atoms with van der Waals surface area (Å²) in [7, 11) is 3.16. The number of alkyl halides is 3. The molecular weight excluding hydrogens is 385 g/mol. The number of benzene rings is 1. The molecule has 0 aliphatic carbocycles. The molecule has 0 unspecified atom stereocenters. The first-order chi connectivity index (χ1) is 13.8. The van der Waals surface area contributed by atoms with Gasteiger partial charge in [0.15, 0.2) is 0 Å². The monoisotopic (exact) mass is 416 g/mol. The smallest absolute Gasteiger partial charge is 0.389 e. The first kappa shape index (κ1) is 23.3. The highest BCUT2D eigenvalue weighted by Crippen LogP contribution is 2.26. The third-order valence-corrected chi connectivity index (χ3v) is 5.29. The van der Waals surface area contributed by atoms with Crippen molar-refractivity contribution in [2.24, 2.45) is 5.92 Å². The fourth-order valence-corrected chi connectivity index (χ4v) is 3.71. The van der Waals surface area contributed by atoms with Gasteiger partial charge in [0, 0.05) is 37.6 Å². The molecule has 1 atom stereocenters. The number of carbonyl (C=O) groups excluding carboxylic acids is 1. The summed E-state index contributed by atoms with van der Waals surface area (Å²) in [4.78, 5) is 14.3. The number of carbonyl (C=O) groups is 1. The molecule has 1 amide bonds. The van der Waals surface area contributed by atoms with Gasteiger partial charge in [-0.05, 0) is 56.8 Å². The first-order valence-corrected chi connectivity index (χ1v) is 10.1. The van der Waals surface area contributed by atoms with E-state index in [-0.39, 0.29) is 12.3 Å². The van der Waals surface area contributed by atoms with E-state index in [1.165, 1.54) is 0 Å². The van der Waals surface area contributed by atoms with Crippen LogP contribution < -0.4 is 14.8 Å². The first-order valence-electron chi connectivity index (χ1n) is 10.1. The molecule has 0 saturated carbocycles. The Labute approximate surface area is 170 Å². The van der Waals surface area contributed by atoms with E-state index in [0.29, 0.717) is 36.9 Å². The zero-order valence-electron chi connectivity index (χ0n) is 17.2. The van der Waals surface area contributed by atoms with E-state index in [4.69, 9.17) is 9.47 Å². The molecule has 164 valence electrons. The van der Waals surface area contributed by atoms with Gasteiger partial charge in [-0.2, -0.15) is 13.2 Å². The molecular formula is C21H31F3N2O3. The van der Waals surface area contributed by atoms with Gasteiger partial charge in [-0.1, -0.05) is 0 Å². The number of hydrogen-bond donors (Lipinski definition) is 1. The largest absolute Gasteiger partial charge is 0.497 e. The average Bonchev–Trinajstić information content (AvgIpc) is 2.70. The minimum atomic E-state index is -4.08. The maximum absolute atomic E-state index is 12.3. The molecule has 1 saturated heterocycles. The number of piperidine rings is 1. The second-order valence-corrected chi connectivity index (χ2v) is 7.52. The lowest BCUT2D eigenvalue weighted by molar-refractivity contribution is -0.136. The predicted octanol–water partition coefficient (Wildman–Crippen LogP) is 4.15. The van der Waals surface area contributed by atoms with Gasteiger partial charge in [0.05, 0.1) is 14.2 Å². The highest BCUT2D eigenvalue weighted by atomic mass is 19.4. The highest BCUT2D eigenvalue weighted by Gasteiger charge is 2.27. The van der Waals surface area contributed by atoms with E-state index in [1.54, 1.807) is 20.3 Å². The van der Waals surface area contributed by atoms with Crippen LogP contribution in [-0.2, 0) is 11.3 Å². The summed E-state index contributed by atoms with van der Waals surface area (Å²) in [5, 5.41) is 2.91. The third-order valence-electron chi connectivity index (χ3n) is 5.29. The summed E-state index contributed by atoms with van der Waals surface area (Å²) >= 11 is 0. The molecule has 2 rings (SSSR count). The third kappa shape index (κ3) is 8.51. The zero-order valence-corrected chi connectivity index (χ0v) is 17.2. The number of halogens is 3. The Kier molecular flexibility index (Phi) is 9.07. The SMILES string of the molecule is COc1ccc(CNC(=O)CC[C@H]2CCCN(CCCC(F)(F)F)C2)c(OC)c1. The Morgan fingerprint density at radius 3 is 2.76 bits per heavy atom. The molecule has 0 radical (unpaired) electrons. The van der Waals surface area contributed by atoms with Gasteiger partial charge in [-0.25, -0.2) is 0 Å². The lowest BCUT2D eigenvalue weighted by atomic mass is 9.93. The fourth-order valence-electron chi connectivity index (χ4n) is 3.71. The highest BCUT2D eigenvalue weighted by molar-refractivity contribution is 5.75. The molecule has 1 N–H and O–H groups in total. The van der Waals surface area contributed by atoms with Crippen molar-refractivity contribution >= 4 is 5.91 Å².